The third-order valence-electron chi connectivity index (χ3n) is 3.67. The summed E-state index contributed by atoms with van der Waals surface area (Å²) in [5.74, 6) is 0.616. The van der Waals surface area contributed by atoms with E-state index in [1.807, 2.05) is 47.0 Å². The fraction of sp³-hybridized carbons (Fsp3) is 0. The van der Waals surface area contributed by atoms with Crippen LogP contribution in [0.25, 0.3) is 17.0 Å². The maximum atomic E-state index is 10.8. The molecule has 0 radical (unpaired) electrons. The van der Waals surface area contributed by atoms with Gasteiger partial charge in [-0.3, -0.25) is 14.5 Å². The summed E-state index contributed by atoms with van der Waals surface area (Å²) in [5.41, 5.74) is 1.91. The topological polar surface area (TPSA) is 73.3 Å². The van der Waals surface area contributed by atoms with Crippen molar-refractivity contribution in [3.8, 4) is 11.3 Å². The minimum atomic E-state index is -0.401. The highest BCUT2D eigenvalue weighted by Gasteiger charge is 2.16. The lowest BCUT2D eigenvalue weighted by molar-refractivity contribution is -0.384. The van der Waals surface area contributed by atoms with Crippen molar-refractivity contribution in [2.75, 3.05) is 0 Å². The van der Waals surface area contributed by atoms with E-state index in [1.165, 1.54) is 23.9 Å². The van der Waals surface area contributed by atoms with Crippen LogP contribution in [0, 0.1) is 10.1 Å². The molecule has 0 unspecified atom stereocenters. The molecule has 0 N–H and O–H groups in total. The van der Waals surface area contributed by atoms with Crippen LogP contribution < -0.4 is 0 Å². The second-order valence-electron chi connectivity index (χ2n) is 5.27. The quantitative estimate of drug-likeness (QED) is 0.402. The van der Waals surface area contributed by atoms with Crippen molar-refractivity contribution in [2.24, 2.45) is 0 Å². The van der Waals surface area contributed by atoms with Gasteiger partial charge in [0.05, 0.1) is 4.92 Å². The maximum absolute atomic E-state index is 10.8. The molecule has 0 saturated carbocycles. The lowest BCUT2D eigenvalue weighted by atomic mass is 10.2. The van der Waals surface area contributed by atoms with Crippen LogP contribution in [-0.4, -0.2) is 19.3 Å². The number of nitrogens with zero attached hydrogens (tertiary/aromatic N) is 4. The first-order valence-corrected chi connectivity index (χ1v) is 8.35. The van der Waals surface area contributed by atoms with Gasteiger partial charge in [-0.1, -0.05) is 42.1 Å². The number of fused-ring (bicyclic) bond motifs is 1. The number of non-ortho nitro benzene ring substituents is 1. The largest absolute Gasteiger partial charge is 0.278 e. The third-order valence-corrected chi connectivity index (χ3v) is 4.76. The van der Waals surface area contributed by atoms with Crippen molar-refractivity contribution in [1.29, 1.82) is 0 Å². The summed E-state index contributed by atoms with van der Waals surface area (Å²) in [4.78, 5) is 20.3. The molecule has 25 heavy (non-hydrogen) atoms. The average Bonchev–Trinajstić information content (AvgIpc) is 3.02. The molecule has 0 aliphatic carbocycles. The molecule has 0 spiro atoms. The Labute approximate surface area is 147 Å². The SMILES string of the molecule is O=[N+]([O-])c1ccc(Sc2c(-c3ccccc3)nc3ncccn23)cc1. The fourth-order valence-corrected chi connectivity index (χ4v) is 3.49. The van der Waals surface area contributed by atoms with Gasteiger partial charge in [0.2, 0.25) is 5.78 Å². The van der Waals surface area contributed by atoms with E-state index in [-0.39, 0.29) is 5.69 Å². The molecule has 0 bridgehead atoms. The number of aromatic nitrogens is 3. The molecule has 4 rings (SSSR count). The molecular weight excluding hydrogens is 336 g/mol. The molecule has 0 aliphatic heterocycles. The first-order valence-electron chi connectivity index (χ1n) is 7.53. The van der Waals surface area contributed by atoms with Crippen molar-refractivity contribution < 1.29 is 4.92 Å². The van der Waals surface area contributed by atoms with Crippen LogP contribution in [0.3, 0.4) is 0 Å². The fourth-order valence-electron chi connectivity index (χ4n) is 2.50. The normalized spacial score (nSPS) is 10.9. The van der Waals surface area contributed by atoms with Crippen molar-refractivity contribution in [3.63, 3.8) is 0 Å². The summed E-state index contributed by atoms with van der Waals surface area (Å²) >= 11 is 1.50. The molecule has 0 fully saturated rings. The number of hydrogen-bond donors (Lipinski definition) is 0. The number of nitro benzene ring substituents is 1. The van der Waals surface area contributed by atoms with Crippen molar-refractivity contribution in [3.05, 3.63) is 83.2 Å². The van der Waals surface area contributed by atoms with E-state index in [0.29, 0.717) is 5.78 Å². The van der Waals surface area contributed by atoms with Crippen LogP contribution in [0.4, 0.5) is 5.69 Å². The Hall–Kier alpha value is -3.19. The van der Waals surface area contributed by atoms with Gasteiger partial charge in [0.1, 0.15) is 10.7 Å². The molecule has 2 aromatic heterocycles. The number of benzene rings is 2. The Balaban J connectivity index is 1.81. The van der Waals surface area contributed by atoms with E-state index in [4.69, 9.17) is 0 Å². The maximum Gasteiger partial charge on any atom is 0.269 e. The van der Waals surface area contributed by atoms with Crippen LogP contribution in [0.15, 0.2) is 83.0 Å². The molecule has 7 heteroatoms. The summed E-state index contributed by atoms with van der Waals surface area (Å²) in [6.07, 6.45) is 3.62. The standard InChI is InChI=1S/C18H12N4O2S/c23-22(24)14-7-9-15(10-8-14)25-17-16(13-5-2-1-3-6-13)20-18-19-11-4-12-21(17)18/h1-12H. The first-order chi connectivity index (χ1) is 12.2. The summed E-state index contributed by atoms with van der Waals surface area (Å²) in [7, 11) is 0. The van der Waals surface area contributed by atoms with Gasteiger partial charge >= 0.3 is 0 Å². The van der Waals surface area contributed by atoms with Crippen LogP contribution in [0.2, 0.25) is 0 Å². The van der Waals surface area contributed by atoms with Gasteiger partial charge in [-0.2, -0.15) is 0 Å². The summed E-state index contributed by atoms with van der Waals surface area (Å²) in [6, 6.07) is 18.2. The van der Waals surface area contributed by atoms with Crippen molar-refractivity contribution in [2.45, 2.75) is 9.92 Å². The molecule has 4 aromatic rings. The predicted octanol–water partition coefficient (Wildman–Crippen LogP) is 4.46. The van der Waals surface area contributed by atoms with Gasteiger partial charge in [-0.05, 0) is 18.2 Å². The lowest BCUT2D eigenvalue weighted by Crippen LogP contribution is -1.89. The summed E-state index contributed by atoms with van der Waals surface area (Å²) in [5, 5.41) is 11.7. The Morgan fingerprint density at radius 2 is 1.76 bits per heavy atom. The third kappa shape index (κ3) is 2.97. The van der Waals surface area contributed by atoms with E-state index in [0.717, 1.165) is 21.2 Å². The highest BCUT2D eigenvalue weighted by Crippen LogP contribution is 2.36. The van der Waals surface area contributed by atoms with Crippen LogP contribution in [0.5, 0.6) is 0 Å². The first kappa shape index (κ1) is 15.3. The van der Waals surface area contributed by atoms with E-state index >= 15 is 0 Å². The van der Waals surface area contributed by atoms with Crippen LogP contribution >= 0.6 is 11.8 Å². The highest BCUT2D eigenvalue weighted by atomic mass is 32.2. The number of rotatable bonds is 4. The molecule has 2 aromatic carbocycles. The van der Waals surface area contributed by atoms with Gasteiger partial charge in [0, 0.05) is 35.0 Å². The number of nitro groups is 1. The molecule has 0 amide bonds. The second kappa shape index (κ2) is 6.37. The molecule has 122 valence electrons. The van der Waals surface area contributed by atoms with Crippen molar-refractivity contribution >= 4 is 23.2 Å². The van der Waals surface area contributed by atoms with Crippen LogP contribution in [-0.2, 0) is 0 Å². The molecular formula is C18H12N4O2S. The zero-order valence-corrected chi connectivity index (χ0v) is 13.8. The average molecular weight is 348 g/mol. The molecule has 6 nitrogen and oxygen atoms in total. The number of imidazole rings is 1. The van der Waals surface area contributed by atoms with E-state index in [2.05, 4.69) is 9.97 Å². The Morgan fingerprint density at radius 3 is 2.48 bits per heavy atom. The summed E-state index contributed by atoms with van der Waals surface area (Å²) < 4.78 is 1.93. The Kier molecular flexibility index (Phi) is 3.91. The zero-order chi connectivity index (χ0) is 17.2. The summed E-state index contributed by atoms with van der Waals surface area (Å²) in [6.45, 7) is 0. The van der Waals surface area contributed by atoms with Crippen molar-refractivity contribution in [1.82, 2.24) is 14.4 Å². The van der Waals surface area contributed by atoms with Crippen LogP contribution in [0.1, 0.15) is 0 Å². The smallest absolute Gasteiger partial charge is 0.269 e. The van der Waals surface area contributed by atoms with E-state index in [1.54, 1.807) is 18.3 Å². The molecule has 2 heterocycles. The van der Waals surface area contributed by atoms with E-state index < -0.39 is 4.92 Å². The molecule has 0 atom stereocenters. The Morgan fingerprint density at radius 1 is 1.00 bits per heavy atom. The second-order valence-corrected chi connectivity index (χ2v) is 6.34. The van der Waals surface area contributed by atoms with E-state index in [9.17, 15) is 10.1 Å². The van der Waals surface area contributed by atoms with Gasteiger partial charge in [-0.25, -0.2) is 9.97 Å². The Bertz CT molecular complexity index is 1050. The lowest BCUT2D eigenvalue weighted by Gasteiger charge is -2.05. The van der Waals surface area contributed by atoms with Gasteiger partial charge in [0.15, 0.2) is 0 Å². The minimum Gasteiger partial charge on any atom is -0.278 e. The van der Waals surface area contributed by atoms with Gasteiger partial charge in [0.25, 0.3) is 5.69 Å². The number of hydrogen-bond acceptors (Lipinski definition) is 5. The predicted molar refractivity (Wildman–Crippen MR) is 95.6 cm³/mol. The highest BCUT2D eigenvalue weighted by molar-refractivity contribution is 7.99. The minimum absolute atomic E-state index is 0.0763. The molecule has 0 saturated heterocycles. The van der Waals surface area contributed by atoms with Gasteiger partial charge < -0.3 is 0 Å². The molecule has 0 aliphatic rings. The zero-order valence-electron chi connectivity index (χ0n) is 12.9. The monoisotopic (exact) mass is 348 g/mol. The van der Waals surface area contributed by atoms with Gasteiger partial charge in [-0.15, -0.1) is 0 Å².